The molecule has 1 fully saturated rings. The van der Waals surface area contributed by atoms with Gasteiger partial charge in [0.25, 0.3) is 0 Å². The molecular weight excluding hydrogens is 867 g/mol. The lowest BCUT2D eigenvalue weighted by atomic mass is 9.98. The van der Waals surface area contributed by atoms with E-state index in [-0.39, 0.29) is 18.9 Å². The molecule has 2 unspecified atom stereocenters. The average Bonchev–Trinajstić information content (AvgIpc) is 3.35. The maximum absolute atomic E-state index is 13.1. The summed E-state index contributed by atoms with van der Waals surface area (Å²) < 4.78 is 11.2. The van der Waals surface area contributed by atoms with Gasteiger partial charge in [-0.15, -0.1) is 0 Å². The van der Waals surface area contributed by atoms with E-state index in [0.717, 1.165) is 38.5 Å². The van der Waals surface area contributed by atoms with Gasteiger partial charge in [-0.05, 0) is 12.8 Å². The van der Waals surface area contributed by atoms with Crippen molar-refractivity contribution in [3.8, 4) is 0 Å². The lowest BCUT2D eigenvalue weighted by Crippen LogP contribution is -2.60. The normalized spacial score (nSPS) is 19.8. The highest BCUT2D eigenvalue weighted by Gasteiger charge is 2.44. The molecule has 0 bridgehead atoms. The number of unbranched alkanes of at least 4 members (excludes halogenated alkanes) is 42. The third-order valence-electron chi connectivity index (χ3n) is 15.1. The largest absolute Gasteiger partial charge is 0.394 e. The molecule has 0 saturated carbocycles. The number of carbonyl (C=O) groups is 1. The minimum atomic E-state index is -1.60. The Morgan fingerprint density at radius 3 is 1.07 bits per heavy atom. The second-order valence-electron chi connectivity index (χ2n) is 21.7. The van der Waals surface area contributed by atoms with E-state index < -0.39 is 55.6 Å². The van der Waals surface area contributed by atoms with Crippen molar-refractivity contribution in [2.75, 3.05) is 13.2 Å². The summed E-state index contributed by atoms with van der Waals surface area (Å²) in [6, 6.07) is -0.986. The Bertz CT molecular complexity index is 1070. The van der Waals surface area contributed by atoms with Crippen LogP contribution >= 0.6 is 0 Å². The van der Waals surface area contributed by atoms with Gasteiger partial charge in [0.2, 0.25) is 5.91 Å². The number of aliphatic hydroxyl groups is 6. The molecule has 8 atom stereocenters. The second kappa shape index (κ2) is 49.4. The van der Waals surface area contributed by atoms with Crippen LogP contribution in [0.25, 0.3) is 0 Å². The smallest absolute Gasteiger partial charge is 0.220 e. The molecule has 1 amide bonds. The molecule has 0 aromatic heterocycles. The first-order valence-corrected chi connectivity index (χ1v) is 30.3. The van der Waals surface area contributed by atoms with Crippen molar-refractivity contribution in [2.24, 2.45) is 0 Å². The molecule has 1 aliphatic rings. The van der Waals surface area contributed by atoms with E-state index in [9.17, 15) is 35.4 Å². The summed E-state index contributed by atoms with van der Waals surface area (Å²) in [7, 11) is 0. The second-order valence-corrected chi connectivity index (χ2v) is 21.7. The minimum Gasteiger partial charge on any atom is -0.394 e. The van der Waals surface area contributed by atoms with Crippen molar-refractivity contribution in [1.29, 1.82) is 0 Å². The predicted octanol–water partition coefficient (Wildman–Crippen LogP) is 14.0. The number of nitrogens with one attached hydrogen (secondary N) is 1. The molecule has 0 aromatic rings. The Balaban J connectivity index is 2.17. The van der Waals surface area contributed by atoms with E-state index in [2.05, 4.69) is 19.2 Å². The van der Waals surface area contributed by atoms with Gasteiger partial charge >= 0.3 is 0 Å². The molecule has 0 spiro atoms. The van der Waals surface area contributed by atoms with Gasteiger partial charge in [-0.25, -0.2) is 0 Å². The van der Waals surface area contributed by atoms with Crippen LogP contribution in [0.15, 0.2) is 0 Å². The van der Waals surface area contributed by atoms with E-state index >= 15 is 0 Å². The molecule has 0 aliphatic carbocycles. The SMILES string of the molecule is CCCCCCCCCCCCCCCCCCCCCCCCCCCCCCCC(=O)N[C@@H](CO[C@@H]1O[C@H](CO)[C@@H](O)C(O)C1O)[C@H](O)[C@H](O)CCCCCCCCCCCCCCCCC. The highest BCUT2D eigenvalue weighted by Crippen LogP contribution is 2.24. The van der Waals surface area contributed by atoms with Crippen molar-refractivity contribution in [1.82, 2.24) is 5.32 Å². The van der Waals surface area contributed by atoms with Gasteiger partial charge in [-0.2, -0.15) is 0 Å². The van der Waals surface area contributed by atoms with Gasteiger partial charge in [-0.3, -0.25) is 4.79 Å². The van der Waals surface area contributed by atoms with Crippen molar-refractivity contribution in [2.45, 2.75) is 358 Å². The van der Waals surface area contributed by atoms with Gasteiger partial charge in [0, 0.05) is 6.42 Å². The first-order chi connectivity index (χ1) is 33.8. The molecule has 1 saturated heterocycles. The lowest BCUT2D eigenvalue weighted by molar-refractivity contribution is -0.303. The van der Waals surface area contributed by atoms with Gasteiger partial charge in [0.15, 0.2) is 6.29 Å². The van der Waals surface area contributed by atoms with Gasteiger partial charge in [0.05, 0.1) is 25.4 Å². The first kappa shape index (κ1) is 66.2. The molecule has 1 rings (SSSR count). The molecule has 0 radical (unpaired) electrons. The molecule has 0 aromatic carbocycles. The maximum atomic E-state index is 13.1. The van der Waals surface area contributed by atoms with E-state index in [0.29, 0.717) is 6.42 Å². The highest BCUT2D eigenvalue weighted by atomic mass is 16.7. The van der Waals surface area contributed by atoms with E-state index in [1.165, 1.54) is 244 Å². The standard InChI is InChI=1S/C59H117NO9/c1-3-5-7-9-11-13-15-17-19-20-21-22-23-24-25-26-27-28-29-30-31-32-34-36-38-40-42-44-46-48-54(63)60-51(50-68-59-58(67)57(66)56(65)53(49-61)69-59)55(64)52(62)47-45-43-41-39-37-35-33-18-16-14-12-10-8-6-4-2/h51-53,55-59,61-62,64-67H,3-50H2,1-2H3,(H,60,63)/t51-,52+,53+,55-,56+,57?,58?,59+/m0/s1. The van der Waals surface area contributed by atoms with E-state index in [1.807, 2.05) is 0 Å². The quantitative estimate of drug-likeness (QED) is 0.0293. The number of amides is 1. The van der Waals surface area contributed by atoms with Gasteiger partial charge in [0.1, 0.15) is 30.5 Å². The van der Waals surface area contributed by atoms with Crippen molar-refractivity contribution >= 4 is 5.91 Å². The molecule has 412 valence electrons. The third-order valence-corrected chi connectivity index (χ3v) is 15.1. The topological polar surface area (TPSA) is 169 Å². The minimum absolute atomic E-state index is 0.249. The van der Waals surface area contributed by atoms with Crippen LogP contribution in [0.5, 0.6) is 0 Å². The summed E-state index contributed by atoms with van der Waals surface area (Å²) in [6.45, 7) is 3.66. The Kier molecular flexibility index (Phi) is 47.3. The summed E-state index contributed by atoms with van der Waals surface area (Å²) >= 11 is 0. The number of ether oxygens (including phenoxy) is 2. The number of carbonyl (C=O) groups excluding carboxylic acids is 1. The maximum Gasteiger partial charge on any atom is 0.220 e. The summed E-state index contributed by atoms with van der Waals surface area (Å²) in [5.74, 6) is -0.249. The van der Waals surface area contributed by atoms with Crippen LogP contribution in [-0.2, 0) is 14.3 Å². The predicted molar refractivity (Wildman–Crippen MR) is 287 cm³/mol. The zero-order valence-electron chi connectivity index (χ0n) is 45.5. The summed E-state index contributed by atoms with van der Waals surface area (Å²) in [4.78, 5) is 13.1. The van der Waals surface area contributed by atoms with Crippen molar-refractivity contribution < 1.29 is 44.9 Å². The molecule has 10 heteroatoms. The van der Waals surface area contributed by atoms with Crippen LogP contribution in [0, 0.1) is 0 Å². The molecule has 1 heterocycles. The Morgan fingerprint density at radius 2 is 0.754 bits per heavy atom. The molecule has 10 nitrogen and oxygen atoms in total. The lowest BCUT2D eigenvalue weighted by Gasteiger charge is -2.40. The van der Waals surface area contributed by atoms with Crippen molar-refractivity contribution in [3.63, 3.8) is 0 Å². The summed E-state index contributed by atoms with van der Waals surface area (Å²) in [6.07, 6.45) is 48.5. The van der Waals surface area contributed by atoms with Crippen LogP contribution in [0.1, 0.15) is 309 Å². The number of aliphatic hydroxyl groups excluding tert-OH is 6. The van der Waals surface area contributed by atoms with Gasteiger partial charge < -0.3 is 45.4 Å². The zero-order valence-corrected chi connectivity index (χ0v) is 45.5. The molecule has 69 heavy (non-hydrogen) atoms. The molecule has 1 aliphatic heterocycles. The molecule has 7 N–H and O–H groups in total. The fraction of sp³-hybridized carbons (Fsp3) is 0.983. The van der Waals surface area contributed by atoms with Crippen LogP contribution < -0.4 is 5.32 Å². The van der Waals surface area contributed by atoms with Crippen molar-refractivity contribution in [3.05, 3.63) is 0 Å². The van der Waals surface area contributed by atoms with E-state index in [1.54, 1.807) is 0 Å². The fourth-order valence-electron chi connectivity index (χ4n) is 10.2. The Hall–Kier alpha value is -0.850. The number of hydrogen-bond donors (Lipinski definition) is 7. The monoisotopic (exact) mass is 984 g/mol. The number of rotatable bonds is 53. The molecular formula is C59H117NO9. The van der Waals surface area contributed by atoms with E-state index in [4.69, 9.17) is 9.47 Å². The highest BCUT2D eigenvalue weighted by molar-refractivity contribution is 5.76. The summed E-state index contributed by atoms with van der Waals surface area (Å²) in [5, 5.41) is 65.6. The third kappa shape index (κ3) is 38.4. The first-order valence-electron chi connectivity index (χ1n) is 30.3. The Morgan fingerprint density at radius 1 is 0.449 bits per heavy atom. The summed E-state index contributed by atoms with van der Waals surface area (Å²) in [5.41, 5.74) is 0. The van der Waals surface area contributed by atoms with Crippen LogP contribution in [0.4, 0.5) is 0 Å². The van der Waals surface area contributed by atoms with Gasteiger partial charge in [-0.1, -0.05) is 290 Å². The number of hydrogen-bond acceptors (Lipinski definition) is 9. The van der Waals surface area contributed by atoms with Crippen LogP contribution in [0.3, 0.4) is 0 Å². The van der Waals surface area contributed by atoms with Crippen LogP contribution in [-0.4, -0.2) is 98.7 Å². The Labute approximate surface area is 426 Å². The average molecular weight is 985 g/mol. The zero-order chi connectivity index (χ0) is 50.3. The van der Waals surface area contributed by atoms with Crippen LogP contribution in [0.2, 0.25) is 0 Å². The fourth-order valence-corrected chi connectivity index (χ4v) is 10.2.